The van der Waals surface area contributed by atoms with Gasteiger partial charge in [0, 0.05) is 31.7 Å². The lowest BCUT2D eigenvalue weighted by Gasteiger charge is -2.26. The maximum Gasteiger partial charge on any atom is 0.317 e. The molecule has 1 heterocycles. The van der Waals surface area contributed by atoms with E-state index in [0.717, 1.165) is 39.1 Å². The number of urea groups is 1. The minimum Gasteiger partial charge on any atom is -0.381 e. The van der Waals surface area contributed by atoms with E-state index in [9.17, 15) is 4.79 Å². The topological polar surface area (TPSA) is 41.6 Å². The molecular weight excluding hydrogens is 264 g/mol. The number of nitrogens with one attached hydrogen (secondary N) is 1. The van der Waals surface area contributed by atoms with E-state index < -0.39 is 0 Å². The molecule has 0 aromatic rings. The molecule has 2 fully saturated rings. The number of rotatable bonds is 9. The summed E-state index contributed by atoms with van der Waals surface area (Å²) in [6.45, 7) is 7.84. The van der Waals surface area contributed by atoms with Crippen LogP contribution in [0.25, 0.3) is 0 Å². The molecule has 2 atom stereocenters. The van der Waals surface area contributed by atoms with Gasteiger partial charge in [-0.15, -0.1) is 0 Å². The van der Waals surface area contributed by atoms with Crippen molar-refractivity contribution >= 4 is 6.03 Å². The Kier molecular flexibility index (Phi) is 6.81. The molecular formula is C17H32N2O2. The van der Waals surface area contributed by atoms with Gasteiger partial charge in [-0.05, 0) is 31.6 Å². The zero-order valence-corrected chi connectivity index (χ0v) is 13.8. The van der Waals surface area contributed by atoms with Crippen molar-refractivity contribution in [2.24, 2.45) is 11.8 Å². The summed E-state index contributed by atoms with van der Waals surface area (Å²) in [6, 6.07) is 0.640. The van der Waals surface area contributed by atoms with Crippen molar-refractivity contribution in [1.82, 2.24) is 10.2 Å². The Hall–Kier alpha value is -0.770. The summed E-state index contributed by atoms with van der Waals surface area (Å²) in [5.41, 5.74) is 0. The molecule has 0 radical (unpaired) electrons. The average Bonchev–Trinajstić information content (AvgIpc) is 3.21. The van der Waals surface area contributed by atoms with Crippen LogP contribution in [-0.2, 0) is 4.74 Å². The first kappa shape index (κ1) is 16.6. The van der Waals surface area contributed by atoms with Crippen molar-refractivity contribution in [3.8, 4) is 0 Å². The highest BCUT2D eigenvalue weighted by molar-refractivity contribution is 5.74. The van der Waals surface area contributed by atoms with E-state index in [-0.39, 0.29) is 6.03 Å². The highest BCUT2D eigenvalue weighted by Crippen LogP contribution is 2.29. The van der Waals surface area contributed by atoms with Crippen LogP contribution in [0.2, 0.25) is 0 Å². The zero-order valence-electron chi connectivity index (χ0n) is 13.8. The predicted octanol–water partition coefficient (Wildman–Crippen LogP) is 3.41. The van der Waals surface area contributed by atoms with Crippen LogP contribution < -0.4 is 5.32 Å². The van der Waals surface area contributed by atoms with E-state index >= 15 is 0 Å². The number of nitrogens with zero attached hydrogens (tertiary/aromatic N) is 1. The van der Waals surface area contributed by atoms with Gasteiger partial charge in [-0.3, -0.25) is 0 Å². The zero-order chi connectivity index (χ0) is 15.1. The van der Waals surface area contributed by atoms with Crippen molar-refractivity contribution < 1.29 is 9.53 Å². The van der Waals surface area contributed by atoms with Crippen LogP contribution >= 0.6 is 0 Å². The lowest BCUT2D eigenvalue weighted by atomic mass is 9.99. The van der Waals surface area contributed by atoms with Crippen molar-refractivity contribution in [1.29, 1.82) is 0 Å². The van der Waals surface area contributed by atoms with Gasteiger partial charge in [-0.2, -0.15) is 0 Å². The van der Waals surface area contributed by atoms with E-state index in [4.69, 9.17) is 4.74 Å². The van der Waals surface area contributed by atoms with E-state index in [1.807, 2.05) is 0 Å². The quantitative estimate of drug-likeness (QED) is 0.708. The van der Waals surface area contributed by atoms with Crippen LogP contribution in [0.5, 0.6) is 0 Å². The molecule has 4 heteroatoms. The lowest BCUT2D eigenvalue weighted by Crippen LogP contribution is -2.45. The Morgan fingerprint density at radius 2 is 2.14 bits per heavy atom. The van der Waals surface area contributed by atoms with Crippen LogP contribution in [0, 0.1) is 11.8 Å². The minimum absolute atomic E-state index is 0.152. The monoisotopic (exact) mass is 296 g/mol. The Bertz CT molecular complexity index is 312. The van der Waals surface area contributed by atoms with Crippen molar-refractivity contribution in [3.63, 3.8) is 0 Å². The van der Waals surface area contributed by atoms with Crippen LogP contribution in [0.4, 0.5) is 4.79 Å². The van der Waals surface area contributed by atoms with Gasteiger partial charge in [-0.1, -0.05) is 33.1 Å². The molecule has 1 saturated heterocycles. The molecule has 21 heavy (non-hydrogen) atoms. The number of amides is 2. The van der Waals surface area contributed by atoms with Crippen LogP contribution in [-0.4, -0.2) is 43.3 Å². The van der Waals surface area contributed by atoms with Crippen molar-refractivity contribution in [2.45, 2.75) is 64.8 Å². The summed E-state index contributed by atoms with van der Waals surface area (Å²) in [5.74, 6) is 1.17. The fraction of sp³-hybridized carbons (Fsp3) is 0.941. The Morgan fingerprint density at radius 3 is 2.71 bits per heavy atom. The predicted molar refractivity (Wildman–Crippen MR) is 85.4 cm³/mol. The molecule has 1 aliphatic heterocycles. The fourth-order valence-corrected chi connectivity index (χ4v) is 3.07. The number of unbranched alkanes of at least 4 members (excludes halogenated alkanes) is 1. The molecule has 4 nitrogen and oxygen atoms in total. The standard InChI is InChI=1S/C17H32N2O2/c1-3-5-6-14(4-2)11-18-17(20)19(16-7-8-16)12-15-9-10-21-13-15/h14-16H,3-13H2,1-2H3,(H,18,20). The van der Waals surface area contributed by atoms with Gasteiger partial charge in [0.1, 0.15) is 0 Å². The second-order valence-corrected chi connectivity index (χ2v) is 6.72. The lowest BCUT2D eigenvalue weighted by molar-refractivity contribution is 0.161. The van der Waals surface area contributed by atoms with Gasteiger partial charge in [0.15, 0.2) is 0 Å². The molecule has 1 saturated carbocycles. The first-order valence-corrected chi connectivity index (χ1v) is 8.86. The average molecular weight is 296 g/mol. The molecule has 2 unspecified atom stereocenters. The first-order chi connectivity index (χ1) is 10.2. The number of carbonyl (C=O) groups is 1. The number of hydrogen-bond donors (Lipinski definition) is 1. The van der Waals surface area contributed by atoms with E-state index in [0.29, 0.717) is 17.9 Å². The number of hydrogen-bond acceptors (Lipinski definition) is 2. The molecule has 0 spiro atoms. The number of carbonyl (C=O) groups excluding carboxylic acids is 1. The highest BCUT2D eigenvalue weighted by atomic mass is 16.5. The van der Waals surface area contributed by atoms with Crippen molar-refractivity contribution in [2.75, 3.05) is 26.3 Å². The summed E-state index contributed by atoms with van der Waals surface area (Å²) in [7, 11) is 0. The van der Waals surface area contributed by atoms with Gasteiger partial charge in [-0.25, -0.2) is 4.79 Å². The van der Waals surface area contributed by atoms with Gasteiger partial charge in [0.25, 0.3) is 0 Å². The molecule has 122 valence electrons. The molecule has 0 bridgehead atoms. The van der Waals surface area contributed by atoms with Gasteiger partial charge < -0.3 is 15.0 Å². The van der Waals surface area contributed by atoms with E-state index in [2.05, 4.69) is 24.1 Å². The fourth-order valence-electron chi connectivity index (χ4n) is 3.07. The van der Waals surface area contributed by atoms with Crippen molar-refractivity contribution in [3.05, 3.63) is 0 Å². The SMILES string of the molecule is CCCCC(CC)CNC(=O)N(CC1CCOC1)C1CC1. The largest absolute Gasteiger partial charge is 0.381 e. The third-order valence-electron chi connectivity index (χ3n) is 4.81. The normalized spacial score (nSPS) is 23.0. The van der Waals surface area contributed by atoms with Crippen LogP contribution in [0.1, 0.15) is 58.8 Å². The Labute approximate surface area is 129 Å². The summed E-state index contributed by atoms with van der Waals surface area (Å²) >= 11 is 0. The molecule has 1 N–H and O–H groups in total. The van der Waals surface area contributed by atoms with Crippen LogP contribution in [0.15, 0.2) is 0 Å². The Morgan fingerprint density at radius 1 is 1.33 bits per heavy atom. The molecule has 2 aliphatic rings. The summed E-state index contributed by atoms with van der Waals surface area (Å²) < 4.78 is 5.44. The van der Waals surface area contributed by atoms with E-state index in [1.54, 1.807) is 0 Å². The first-order valence-electron chi connectivity index (χ1n) is 8.86. The molecule has 2 amide bonds. The maximum atomic E-state index is 12.5. The second-order valence-electron chi connectivity index (χ2n) is 6.72. The summed E-state index contributed by atoms with van der Waals surface area (Å²) in [4.78, 5) is 14.6. The Balaban J connectivity index is 1.75. The highest BCUT2D eigenvalue weighted by Gasteiger charge is 2.34. The third-order valence-corrected chi connectivity index (χ3v) is 4.81. The second kappa shape index (κ2) is 8.62. The van der Waals surface area contributed by atoms with Gasteiger partial charge >= 0.3 is 6.03 Å². The molecule has 1 aliphatic carbocycles. The van der Waals surface area contributed by atoms with Gasteiger partial charge in [0.2, 0.25) is 0 Å². The molecule has 2 rings (SSSR count). The smallest absolute Gasteiger partial charge is 0.317 e. The number of ether oxygens (including phenoxy) is 1. The summed E-state index contributed by atoms with van der Waals surface area (Å²) in [5, 5.41) is 3.18. The minimum atomic E-state index is 0.152. The van der Waals surface area contributed by atoms with E-state index in [1.165, 1.54) is 32.1 Å². The maximum absolute atomic E-state index is 12.5. The molecule has 0 aromatic carbocycles. The molecule has 0 aromatic heterocycles. The van der Waals surface area contributed by atoms with Gasteiger partial charge in [0.05, 0.1) is 6.61 Å². The summed E-state index contributed by atoms with van der Waals surface area (Å²) in [6.07, 6.45) is 8.33. The third kappa shape index (κ3) is 5.50. The van der Waals surface area contributed by atoms with Crippen LogP contribution in [0.3, 0.4) is 0 Å².